The molecule has 4 amide bonds. The van der Waals surface area contributed by atoms with Gasteiger partial charge in [-0.1, -0.05) is 55.6 Å². The van der Waals surface area contributed by atoms with Gasteiger partial charge in [0.2, 0.25) is 0 Å². The Labute approximate surface area is 352 Å². The zero-order valence-corrected chi connectivity index (χ0v) is 36.2. The molecule has 59 heavy (non-hydrogen) atoms. The molecule has 3 saturated heterocycles. The number of aryl methyl sites for hydroxylation is 1. The number of urea groups is 2. The number of hydrogen-bond donors (Lipinski definition) is 5. The SMILES string of the molecule is C=C[C@H]1C[N@]2CC[C@H]1C[C@@H]2[C@@H](O)c1ccnc2ccc(OC)cc12.CCCCNC(=O)NS(=O)(=O)c1ccc(C)cc1.CCCNC(=O)NS(=O)(=O)c1ccc(Cl)cc1. The number of rotatable bonds is 13. The van der Waals surface area contributed by atoms with Crippen LogP contribution in [-0.2, 0) is 20.0 Å². The molecule has 4 heterocycles. The van der Waals surface area contributed by atoms with Crippen LogP contribution in [0.2, 0.25) is 5.02 Å². The number of carbonyl (C=O) groups is 2. The van der Waals surface area contributed by atoms with Gasteiger partial charge in [0.15, 0.2) is 0 Å². The minimum atomic E-state index is -3.83. The van der Waals surface area contributed by atoms with Crippen molar-refractivity contribution in [3.8, 4) is 5.75 Å². The molecule has 3 aliphatic rings. The van der Waals surface area contributed by atoms with Crippen LogP contribution < -0.4 is 24.8 Å². The van der Waals surface area contributed by atoms with E-state index in [4.69, 9.17) is 16.3 Å². The number of fused-ring (bicyclic) bond motifs is 4. The van der Waals surface area contributed by atoms with Crippen LogP contribution in [0.5, 0.6) is 5.75 Å². The summed E-state index contributed by atoms with van der Waals surface area (Å²) in [6.45, 7) is 12.7. The molecule has 320 valence electrons. The first-order valence-corrected chi connectivity index (χ1v) is 22.9. The van der Waals surface area contributed by atoms with Crippen LogP contribution in [0.25, 0.3) is 10.9 Å². The third-order valence-electron chi connectivity index (χ3n) is 10.1. The molecule has 17 heteroatoms. The molecule has 1 aromatic heterocycles. The molecule has 3 fully saturated rings. The largest absolute Gasteiger partial charge is 0.497 e. The number of pyridine rings is 1. The number of ether oxygens (including phenoxy) is 1. The van der Waals surface area contributed by atoms with Gasteiger partial charge in [-0.3, -0.25) is 9.88 Å². The van der Waals surface area contributed by atoms with Crippen molar-refractivity contribution in [2.24, 2.45) is 11.8 Å². The summed E-state index contributed by atoms with van der Waals surface area (Å²) < 4.78 is 56.3. The molecule has 7 rings (SSSR count). The summed E-state index contributed by atoms with van der Waals surface area (Å²) in [7, 11) is -5.94. The first kappa shape index (κ1) is 46.9. The van der Waals surface area contributed by atoms with E-state index in [1.807, 2.05) is 54.5 Å². The molecule has 3 aromatic carbocycles. The van der Waals surface area contributed by atoms with Gasteiger partial charge in [0, 0.05) is 42.3 Å². The van der Waals surface area contributed by atoms with Crippen molar-refractivity contribution in [2.75, 3.05) is 33.3 Å². The molecule has 14 nitrogen and oxygen atoms in total. The predicted octanol–water partition coefficient (Wildman–Crippen LogP) is 6.69. The van der Waals surface area contributed by atoms with Gasteiger partial charge < -0.3 is 20.5 Å². The number of aliphatic hydroxyl groups is 1. The van der Waals surface area contributed by atoms with Crippen molar-refractivity contribution in [3.63, 3.8) is 0 Å². The van der Waals surface area contributed by atoms with Crippen molar-refractivity contribution in [2.45, 2.75) is 74.8 Å². The van der Waals surface area contributed by atoms with Crippen LogP contribution in [0, 0.1) is 18.8 Å². The van der Waals surface area contributed by atoms with Gasteiger partial charge >= 0.3 is 12.1 Å². The van der Waals surface area contributed by atoms with Crippen LogP contribution >= 0.6 is 11.6 Å². The lowest BCUT2D eigenvalue weighted by Gasteiger charge is -2.50. The van der Waals surface area contributed by atoms with Crippen LogP contribution in [0.4, 0.5) is 9.59 Å². The Morgan fingerprint density at radius 1 is 0.932 bits per heavy atom. The van der Waals surface area contributed by atoms with E-state index in [2.05, 4.69) is 33.2 Å². The number of aliphatic hydroxyl groups excluding tert-OH is 1. The van der Waals surface area contributed by atoms with Crippen LogP contribution in [-0.4, -0.2) is 83.2 Å². The van der Waals surface area contributed by atoms with E-state index >= 15 is 0 Å². The van der Waals surface area contributed by atoms with Gasteiger partial charge in [0.1, 0.15) is 5.75 Å². The summed E-state index contributed by atoms with van der Waals surface area (Å²) in [5.74, 6) is 2.01. The highest BCUT2D eigenvalue weighted by Crippen LogP contribution is 2.42. The number of nitrogens with one attached hydrogen (secondary N) is 4. The number of piperidine rings is 3. The van der Waals surface area contributed by atoms with E-state index in [-0.39, 0.29) is 15.8 Å². The number of aromatic nitrogens is 1. The maximum Gasteiger partial charge on any atom is 0.328 e. The number of amides is 4. The number of hydrogen-bond acceptors (Lipinski definition) is 10. The molecule has 3 aliphatic heterocycles. The highest BCUT2D eigenvalue weighted by molar-refractivity contribution is 7.90. The summed E-state index contributed by atoms with van der Waals surface area (Å²) in [4.78, 5) is 29.5. The fourth-order valence-corrected chi connectivity index (χ4v) is 8.81. The normalized spacial score (nSPS) is 18.8. The molecule has 5 atom stereocenters. The van der Waals surface area contributed by atoms with Crippen molar-refractivity contribution in [1.29, 1.82) is 0 Å². The van der Waals surface area contributed by atoms with Crippen LogP contribution in [0.1, 0.15) is 63.2 Å². The lowest BCUT2D eigenvalue weighted by atomic mass is 9.73. The highest BCUT2D eigenvalue weighted by atomic mass is 35.5. The molecular weight excluding hydrogens is 816 g/mol. The summed E-state index contributed by atoms with van der Waals surface area (Å²) in [6.07, 6.45) is 8.10. The maximum absolute atomic E-state index is 11.8. The molecule has 2 bridgehead atoms. The molecule has 4 aromatic rings. The minimum absolute atomic E-state index is 0.00597. The first-order valence-electron chi connectivity index (χ1n) is 19.5. The summed E-state index contributed by atoms with van der Waals surface area (Å²) in [5.41, 5.74) is 2.81. The Morgan fingerprint density at radius 2 is 1.54 bits per heavy atom. The van der Waals surface area contributed by atoms with Gasteiger partial charge in [0.05, 0.1) is 28.5 Å². The van der Waals surface area contributed by atoms with Gasteiger partial charge in [-0.15, -0.1) is 6.58 Å². The van der Waals surface area contributed by atoms with E-state index in [1.165, 1.54) is 42.8 Å². The molecule has 0 unspecified atom stereocenters. The zero-order valence-electron chi connectivity index (χ0n) is 33.9. The molecular formula is C42H55ClN6O8S2. The number of carbonyl (C=O) groups excluding carboxylic acids is 2. The Hall–Kier alpha value is -4.74. The molecule has 0 radical (unpaired) electrons. The molecule has 0 saturated carbocycles. The van der Waals surface area contributed by atoms with E-state index in [0.29, 0.717) is 29.9 Å². The van der Waals surface area contributed by atoms with Crippen molar-refractivity contribution in [1.82, 2.24) is 30.0 Å². The number of sulfonamides is 2. The zero-order chi connectivity index (χ0) is 43.2. The lowest BCUT2D eigenvalue weighted by Crippen LogP contribution is -2.54. The molecule has 0 spiro atoms. The van der Waals surface area contributed by atoms with Gasteiger partial charge in [-0.2, -0.15) is 0 Å². The highest BCUT2D eigenvalue weighted by Gasteiger charge is 2.42. The minimum Gasteiger partial charge on any atom is -0.497 e. The van der Waals surface area contributed by atoms with E-state index in [9.17, 15) is 31.5 Å². The summed E-state index contributed by atoms with van der Waals surface area (Å²) in [6, 6.07) is 18.4. The Kier molecular flexibility index (Phi) is 17.5. The number of methoxy groups -OCH3 is 1. The first-order chi connectivity index (χ1) is 28.1. The average Bonchev–Trinajstić information content (AvgIpc) is 3.22. The Bertz CT molecular complexity index is 2240. The van der Waals surface area contributed by atoms with Crippen molar-refractivity contribution in [3.05, 3.63) is 108 Å². The van der Waals surface area contributed by atoms with Gasteiger partial charge in [-0.05, 0) is 117 Å². The second-order valence-corrected chi connectivity index (χ2v) is 18.1. The summed E-state index contributed by atoms with van der Waals surface area (Å²) >= 11 is 5.64. The number of halogens is 1. The Morgan fingerprint density at radius 3 is 2.08 bits per heavy atom. The molecule has 5 N–H and O–H groups in total. The smallest absolute Gasteiger partial charge is 0.328 e. The second kappa shape index (κ2) is 22.0. The lowest BCUT2D eigenvalue weighted by molar-refractivity contribution is -0.0444. The van der Waals surface area contributed by atoms with Crippen molar-refractivity contribution >= 4 is 54.6 Å². The van der Waals surface area contributed by atoms with E-state index < -0.39 is 38.2 Å². The average molecular weight is 872 g/mol. The quantitative estimate of drug-likeness (QED) is 0.0713. The standard InChI is InChI=1S/C20H24N2O2.C12H18N2O3S.C10H13ClN2O3S/c1-3-13-12-22-9-7-14(13)10-19(22)20(23)16-6-8-21-18-5-4-15(24-2)11-17(16)18;1-3-4-9-13-12(15)14-18(16,17)11-7-5-10(2)6-8-11;1-2-7-12-10(14)13-17(15,16)9-5-3-8(11)4-6-9/h3-6,8,11,13-14,19-20,23H,1,7,9-10,12H2,2H3;5-8H,3-4,9H2,1-2H3,(H2,13,14,15);3-6H,2,7H2,1H3,(H2,12,13,14)/t13-,14-,19+,20-;;/m0../s1. The topological polar surface area (TPSA) is 196 Å². The predicted molar refractivity (Wildman–Crippen MR) is 230 cm³/mol. The van der Waals surface area contributed by atoms with Crippen molar-refractivity contribution < 1.29 is 36.3 Å². The maximum atomic E-state index is 11.8. The fraction of sp³-hybridized carbons (Fsp3) is 0.405. The summed E-state index contributed by atoms with van der Waals surface area (Å²) in [5, 5.41) is 17.5. The fourth-order valence-electron chi connectivity index (χ4n) is 6.83. The van der Waals surface area contributed by atoms with Gasteiger partial charge in [-0.25, -0.2) is 35.9 Å². The third kappa shape index (κ3) is 13.4. The number of nitrogens with zero attached hydrogens (tertiary/aromatic N) is 2. The number of benzene rings is 3. The van der Waals surface area contributed by atoms with Crippen LogP contribution in [0.3, 0.4) is 0 Å². The third-order valence-corrected chi connectivity index (χ3v) is 13.0. The monoisotopic (exact) mass is 870 g/mol. The Balaban J connectivity index is 0.000000200. The van der Waals surface area contributed by atoms with E-state index in [1.54, 1.807) is 25.4 Å². The van der Waals surface area contributed by atoms with Crippen LogP contribution in [0.15, 0.2) is 101 Å². The molecule has 0 aliphatic carbocycles. The second-order valence-electron chi connectivity index (χ2n) is 14.3. The number of unbranched alkanes of at least 4 members (excludes halogenated alkanes) is 1. The van der Waals surface area contributed by atoms with E-state index in [0.717, 1.165) is 66.6 Å². The van der Waals surface area contributed by atoms with Gasteiger partial charge in [0.25, 0.3) is 20.0 Å².